The SMILES string of the molecule is CS(=O)(=O)N1CCCC(n2cnc3c(N)nc(N)nc32)C1. The first-order valence-corrected chi connectivity index (χ1v) is 8.42. The van der Waals surface area contributed by atoms with Crippen LogP contribution in [0.4, 0.5) is 11.8 Å². The molecule has 2 aromatic heterocycles. The zero-order chi connectivity index (χ0) is 15.2. The minimum atomic E-state index is -3.20. The second kappa shape index (κ2) is 4.81. The Labute approximate surface area is 122 Å². The summed E-state index contributed by atoms with van der Waals surface area (Å²) in [5.74, 6) is 0.310. The minimum Gasteiger partial charge on any atom is -0.382 e. The van der Waals surface area contributed by atoms with Gasteiger partial charge in [0, 0.05) is 13.1 Å². The Kier molecular flexibility index (Phi) is 3.21. The average Bonchev–Trinajstić information content (AvgIpc) is 2.82. The van der Waals surface area contributed by atoms with E-state index in [0.29, 0.717) is 24.3 Å². The molecule has 2 aromatic rings. The Morgan fingerprint density at radius 1 is 1.33 bits per heavy atom. The van der Waals surface area contributed by atoms with Crippen LogP contribution >= 0.6 is 0 Å². The maximum atomic E-state index is 11.7. The van der Waals surface area contributed by atoms with Crippen molar-refractivity contribution >= 4 is 33.0 Å². The number of nitrogen functional groups attached to an aromatic ring is 2. The van der Waals surface area contributed by atoms with Gasteiger partial charge < -0.3 is 16.0 Å². The van der Waals surface area contributed by atoms with Crippen molar-refractivity contribution in [3.8, 4) is 0 Å². The number of hydrogen-bond acceptors (Lipinski definition) is 7. The maximum absolute atomic E-state index is 11.7. The highest BCUT2D eigenvalue weighted by molar-refractivity contribution is 7.88. The van der Waals surface area contributed by atoms with Gasteiger partial charge in [0.2, 0.25) is 16.0 Å². The number of rotatable bonds is 2. The predicted octanol–water partition coefficient (Wildman–Crippen LogP) is -0.413. The van der Waals surface area contributed by atoms with Crippen LogP contribution in [0.25, 0.3) is 11.2 Å². The largest absolute Gasteiger partial charge is 0.382 e. The highest BCUT2D eigenvalue weighted by Gasteiger charge is 2.28. The van der Waals surface area contributed by atoms with Crippen molar-refractivity contribution in [1.29, 1.82) is 0 Å². The number of anilines is 2. The molecule has 0 amide bonds. The number of hydrogen-bond donors (Lipinski definition) is 2. The quantitative estimate of drug-likeness (QED) is 0.770. The van der Waals surface area contributed by atoms with E-state index in [1.165, 1.54) is 10.6 Å². The summed E-state index contributed by atoms with van der Waals surface area (Å²) in [5, 5.41) is 0. The molecule has 21 heavy (non-hydrogen) atoms. The number of fused-ring (bicyclic) bond motifs is 1. The second-order valence-corrected chi connectivity index (χ2v) is 7.19. The first-order valence-electron chi connectivity index (χ1n) is 6.57. The molecule has 10 heteroatoms. The van der Waals surface area contributed by atoms with Gasteiger partial charge in [0.1, 0.15) is 5.52 Å². The summed E-state index contributed by atoms with van der Waals surface area (Å²) < 4.78 is 26.7. The van der Waals surface area contributed by atoms with Gasteiger partial charge in [-0.3, -0.25) is 0 Å². The highest BCUT2D eigenvalue weighted by Crippen LogP contribution is 2.27. The summed E-state index contributed by atoms with van der Waals surface area (Å²) in [5.41, 5.74) is 12.4. The van der Waals surface area contributed by atoms with Gasteiger partial charge in [-0.1, -0.05) is 0 Å². The van der Waals surface area contributed by atoms with Crippen LogP contribution in [0.5, 0.6) is 0 Å². The van der Waals surface area contributed by atoms with E-state index in [0.717, 1.165) is 12.8 Å². The normalized spacial score (nSPS) is 20.9. The third-order valence-electron chi connectivity index (χ3n) is 3.69. The van der Waals surface area contributed by atoms with Gasteiger partial charge >= 0.3 is 0 Å². The molecule has 114 valence electrons. The lowest BCUT2D eigenvalue weighted by atomic mass is 10.1. The van der Waals surface area contributed by atoms with Crippen LogP contribution in [0, 0.1) is 0 Å². The summed E-state index contributed by atoms with van der Waals surface area (Å²) in [7, 11) is -3.20. The lowest BCUT2D eigenvalue weighted by Gasteiger charge is -2.31. The number of sulfonamides is 1. The number of aromatic nitrogens is 4. The average molecular weight is 311 g/mol. The van der Waals surface area contributed by atoms with Gasteiger partial charge in [-0.05, 0) is 12.8 Å². The van der Waals surface area contributed by atoms with Gasteiger partial charge in [0.05, 0.1) is 18.6 Å². The molecule has 1 fully saturated rings. The first kappa shape index (κ1) is 14.0. The van der Waals surface area contributed by atoms with Gasteiger partial charge in [0.25, 0.3) is 0 Å². The van der Waals surface area contributed by atoms with Gasteiger partial charge in [-0.15, -0.1) is 0 Å². The Bertz CT molecular complexity index is 785. The molecule has 9 nitrogen and oxygen atoms in total. The lowest BCUT2D eigenvalue weighted by Crippen LogP contribution is -2.40. The van der Waals surface area contributed by atoms with Crippen molar-refractivity contribution in [2.45, 2.75) is 18.9 Å². The van der Waals surface area contributed by atoms with Crippen molar-refractivity contribution in [2.24, 2.45) is 0 Å². The molecule has 3 rings (SSSR count). The van der Waals surface area contributed by atoms with Crippen LogP contribution in [0.3, 0.4) is 0 Å². The molecule has 0 radical (unpaired) electrons. The Morgan fingerprint density at radius 2 is 2.10 bits per heavy atom. The molecule has 0 saturated carbocycles. The Morgan fingerprint density at radius 3 is 2.81 bits per heavy atom. The predicted molar refractivity (Wildman–Crippen MR) is 78.8 cm³/mol. The number of piperidine rings is 1. The fourth-order valence-electron chi connectivity index (χ4n) is 2.67. The molecule has 3 heterocycles. The van der Waals surface area contributed by atoms with Crippen molar-refractivity contribution in [3.63, 3.8) is 0 Å². The number of nitrogens with two attached hydrogens (primary N) is 2. The van der Waals surface area contributed by atoms with Crippen LogP contribution < -0.4 is 11.5 Å². The van der Waals surface area contributed by atoms with Gasteiger partial charge in [-0.25, -0.2) is 17.7 Å². The van der Waals surface area contributed by atoms with E-state index in [1.54, 1.807) is 6.33 Å². The Balaban J connectivity index is 2.01. The van der Waals surface area contributed by atoms with Crippen molar-refractivity contribution < 1.29 is 8.42 Å². The zero-order valence-electron chi connectivity index (χ0n) is 11.6. The van der Waals surface area contributed by atoms with E-state index >= 15 is 0 Å². The summed E-state index contributed by atoms with van der Waals surface area (Å²) in [6.45, 7) is 0.940. The van der Waals surface area contributed by atoms with Gasteiger partial charge in [-0.2, -0.15) is 9.97 Å². The van der Waals surface area contributed by atoms with E-state index in [2.05, 4.69) is 15.0 Å². The first-order chi connectivity index (χ1) is 9.86. The van der Waals surface area contributed by atoms with Gasteiger partial charge in [0.15, 0.2) is 11.5 Å². The van der Waals surface area contributed by atoms with Crippen LogP contribution in [0.1, 0.15) is 18.9 Å². The summed E-state index contributed by atoms with van der Waals surface area (Å²) in [6.07, 6.45) is 4.47. The number of nitrogens with zero attached hydrogens (tertiary/aromatic N) is 5. The van der Waals surface area contributed by atoms with Crippen LogP contribution in [0.2, 0.25) is 0 Å². The molecule has 1 aliphatic rings. The third-order valence-corrected chi connectivity index (χ3v) is 4.96. The fraction of sp³-hybridized carbons (Fsp3) is 0.545. The summed E-state index contributed by atoms with van der Waals surface area (Å²) >= 11 is 0. The molecule has 1 aliphatic heterocycles. The standard InChI is InChI=1S/C11H17N7O2S/c1-21(19,20)17-4-2-3-7(5-17)18-6-14-8-9(12)15-11(13)16-10(8)18/h6-7H,2-5H2,1H3,(H4,12,13,15,16). The molecule has 1 saturated heterocycles. The highest BCUT2D eigenvalue weighted by atomic mass is 32.2. The maximum Gasteiger partial charge on any atom is 0.224 e. The lowest BCUT2D eigenvalue weighted by molar-refractivity contribution is 0.271. The monoisotopic (exact) mass is 311 g/mol. The molecule has 4 N–H and O–H groups in total. The molecule has 0 spiro atoms. The molecule has 1 unspecified atom stereocenters. The number of imidazole rings is 1. The van der Waals surface area contributed by atoms with Crippen LogP contribution in [-0.4, -0.2) is 51.6 Å². The smallest absolute Gasteiger partial charge is 0.224 e. The van der Waals surface area contributed by atoms with Crippen molar-refractivity contribution in [2.75, 3.05) is 30.8 Å². The second-order valence-electron chi connectivity index (χ2n) is 5.21. The van der Waals surface area contributed by atoms with Crippen molar-refractivity contribution in [1.82, 2.24) is 23.8 Å². The van der Waals surface area contributed by atoms with E-state index < -0.39 is 10.0 Å². The van der Waals surface area contributed by atoms with E-state index in [1.807, 2.05) is 4.57 Å². The topological polar surface area (TPSA) is 133 Å². The molecule has 1 atom stereocenters. The summed E-state index contributed by atoms with van der Waals surface area (Å²) in [6, 6.07) is -0.0350. The molecular formula is C11H17N7O2S. The van der Waals surface area contributed by atoms with Crippen LogP contribution in [0.15, 0.2) is 6.33 Å². The van der Waals surface area contributed by atoms with E-state index in [4.69, 9.17) is 11.5 Å². The molecule has 0 aromatic carbocycles. The zero-order valence-corrected chi connectivity index (χ0v) is 12.4. The van der Waals surface area contributed by atoms with E-state index in [-0.39, 0.29) is 17.8 Å². The fourth-order valence-corrected chi connectivity index (χ4v) is 3.58. The van der Waals surface area contributed by atoms with Crippen molar-refractivity contribution in [3.05, 3.63) is 6.33 Å². The molecule has 0 bridgehead atoms. The van der Waals surface area contributed by atoms with E-state index in [9.17, 15) is 8.42 Å². The van der Waals surface area contributed by atoms with Crippen LogP contribution in [-0.2, 0) is 10.0 Å². The third kappa shape index (κ3) is 2.51. The molecular weight excluding hydrogens is 294 g/mol. The minimum absolute atomic E-state index is 0.0350. The summed E-state index contributed by atoms with van der Waals surface area (Å²) in [4.78, 5) is 12.3. The molecule has 0 aliphatic carbocycles. The Hall–Kier alpha value is -1.94.